The van der Waals surface area contributed by atoms with E-state index in [9.17, 15) is 18.0 Å². The first-order valence-electron chi connectivity index (χ1n) is 9.37. The summed E-state index contributed by atoms with van der Waals surface area (Å²) < 4.78 is 43.0. The Bertz CT molecular complexity index is 1040. The van der Waals surface area contributed by atoms with Crippen LogP contribution in [0.3, 0.4) is 0 Å². The molecule has 0 spiro atoms. The Labute approximate surface area is 177 Å². The first-order valence-corrected chi connectivity index (χ1v) is 9.75. The number of esters is 1. The van der Waals surface area contributed by atoms with E-state index < -0.39 is 29.8 Å². The SMILES string of the molecule is CC(C)(C)OC(=O)C1(c2cc(CNCC(F)(F)F)ccc2Cl)C=c2ccccc2=N1. The van der Waals surface area contributed by atoms with Gasteiger partial charge >= 0.3 is 12.1 Å². The summed E-state index contributed by atoms with van der Waals surface area (Å²) in [5.74, 6) is -0.603. The zero-order valence-electron chi connectivity index (χ0n) is 16.8. The second-order valence-corrected chi connectivity index (χ2v) is 8.52. The molecule has 4 nitrogen and oxygen atoms in total. The fourth-order valence-corrected chi connectivity index (χ4v) is 3.45. The molecule has 0 aliphatic carbocycles. The minimum Gasteiger partial charge on any atom is -0.458 e. The van der Waals surface area contributed by atoms with E-state index in [4.69, 9.17) is 16.3 Å². The molecule has 0 saturated heterocycles. The molecule has 1 N–H and O–H groups in total. The Morgan fingerprint density at radius 2 is 1.87 bits per heavy atom. The van der Waals surface area contributed by atoms with E-state index in [1.165, 1.54) is 0 Å². The third-order valence-electron chi connectivity index (χ3n) is 4.40. The van der Waals surface area contributed by atoms with Crippen molar-refractivity contribution < 1.29 is 22.7 Å². The number of nitrogens with one attached hydrogen (secondary N) is 1. The number of halogens is 4. The average molecular weight is 439 g/mol. The number of carbonyl (C=O) groups excluding carboxylic acids is 1. The van der Waals surface area contributed by atoms with E-state index >= 15 is 0 Å². The molecule has 0 amide bonds. The number of rotatable bonds is 5. The van der Waals surface area contributed by atoms with E-state index in [0.29, 0.717) is 16.5 Å². The van der Waals surface area contributed by atoms with Gasteiger partial charge in [0, 0.05) is 17.1 Å². The lowest BCUT2D eigenvalue weighted by Crippen LogP contribution is -2.38. The quantitative estimate of drug-likeness (QED) is 0.725. The molecule has 0 radical (unpaired) electrons. The Kier molecular flexibility index (Phi) is 5.98. The minimum atomic E-state index is -4.32. The molecule has 8 heteroatoms. The summed E-state index contributed by atoms with van der Waals surface area (Å²) in [5, 5.41) is 3.98. The van der Waals surface area contributed by atoms with Crippen LogP contribution in [0.1, 0.15) is 31.9 Å². The van der Waals surface area contributed by atoms with Crippen molar-refractivity contribution in [1.82, 2.24) is 5.32 Å². The van der Waals surface area contributed by atoms with Gasteiger partial charge in [-0.15, -0.1) is 0 Å². The topological polar surface area (TPSA) is 50.7 Å². The second kappa shape index (κ2) is 8.04. The van der Waals surface area contributed by atoms with E-state index in [-0.39, 0.29) is 11.6 Å². The van der Waals surface area contributed by atoms with Crippen molar-refractivity contribution >= 4 is 23.6 Å². The highest BCUT2D eigenvalue weighted by Gasteiger charge is 2.44. The highest BCUT2D eigenvalue weighted by molar-refractivity contribution is 6.32. The fraction of sp³-hybridized carbons (Fsp3) is 0.364. The van der Waals surface area contributed by atoms with Crippen molar-refractivity contribution in [3.05, 3.63) is 69.2 Å². The molecule has 1 aliphatic heterocycles. The van der Waals surface area contributed by atoms with Gasteiger partial charge in [-0.2, -0.15) is 13.2 Å². The molecule has 1 unspecified atom stereocenters. The zero-order chi connectivity index (χ0) is 22.2. The Morgan fingerprint density at radius 1 is 1.17 bits per heavy atom. The predicted molar refractivity (Wildman–Crippen MR) is 108 cm³/mol. The van der Waals surface area contributed by atoms with Gasteiger partial charge in [-0.1, -0.05) is 35.9 Å². The van der Waals surface area contributed by atoms with E-state index in [0.717, 1.165) is 5.22 Å². The lowest BCUT2D eigenvalue weighted by atomic mass is 9.89. The van der Waals surface area contributed by atoms with E-state index in [2.05, 4.69) is 10.3 Å². The molecule has 1 heterocycles. The summed E-state index contributed by atoms with van der Waals surface area (Å²) in [6, 6.07) is 12.0. The Hall–Kier alpha value is -2.38. The molecule has 30 heavy (non-hydrogen) atoms. The van der Waals surface area contributed by atoms with Crippen molar-refractivity contribution in [2.75, 3.05) is 6.54 Å². The largest absolute Gasteiger partial charge is 0.458 e. The van der Waals surface area contributed by atoms with Crippen LogP contribution in [-0.4, -0.2) is 24.3 Å². The number of hydrogen-bond donors (Lipinski definition) is 1. The standard InChI is InChI=1S/C22H22ClF3N2O2/c1-20(2,3)30-19(29)21(11-15-6-4-5-7-18(15)28-21)16-10-14(8-9-17(16)23)12-27-13-22(24,25)26/h4-11,27H,12-13H2,1-3H3. The number of carbonyl (C=O) groups is 1. The lowest BCUT2D eigenvalue weighted by Gasteiger charge is -2.29. The van der Waals surface area contributed by atoms with Crippen molar-refractivity contribution in [2.24, 2.45) is 4.99 Å². The van der Waals surface area contributed by atoms with Gasteiger partial charge in [0.1, 0.15) is 5.60 Å². The highest BCUT2D eigenvalue weighted by Crippen LogP contribution is 2.37. The normalized spacial score (nSPS) is 18.4. The maximum Gasteiger partial charge on any atom is 0.401 e. The maximum absolute atomic E-state index is 13.3. The van der Waals surface area contributed by atoms with Crippen molar-refractivity contribution in [2.45, 2.75) is 44.6 Å². The summed E-state index contributed by atoms with van der Waals surface area (Å²) in [4.78, 5) is 17.9. The monoisotopic (exact) mass is 438 g/mol. The van der Waals surface area contributed by atoms with Crippen molar-refractivity contribution in [3.8, 4) is 0 Å². The molecule has 3 rings (SSSR count). The molecule has 0 saturated carbocycles. The van der Waals surface area contributed by atoms with Crippen LogP contribution in [0.4, 0.5) is 13.2 Å². The summed E-state index contributed by atoms with van der Waals surface area (Å²) in [6.07, 6.45) is -2.63. The van der Waals surface area contributed by atoms with Gasteiger partial charge < -0.3 is 10.1 Å². The molecule has 2 aromatic carbocycles. The number of hydrogen-bond acceptors (Lipinski definition) is 4. The van der Waals surface area contributed by atoms with Crippen LogP contribution >= 0.6 is 11.6 Å². The molecular weight excluding hydrogens is 417 g/mol. The van der Waals surface area contributed by atoms with Crippen LogP contribution in [0.25, 0.3) is 6.08 Å². The lowest BCUT2D eigenvalue weighted by molar-refractivity contribution is -0.159. The van der Waals surface area contributed by atoms with Gasteiger partial charge in [0.15, 0.2) is 0 Å². The van der Waals surface area contributed by atoms with Crippen LogP contribution in [0.2, 0.25) is 5.02 Å². The predicted octanol–water partition coefficient (Wildman–Crippen LogP) is 3.64. The van der Waals surface area contributed by atoms with E-state index in [1.54, 1.807) is 57.2 Å². The molecule has 1 aliphatic rings. The number of nitrogens with zero attached hydrogens (tertiary/aromatic N) is 1. The summed E-state index contributed by atoms with van der Waals surface area (Å²) in [7, 11) is 0. The van der Waals surface area contributed by atoms with Crippen LogP contribution in [-0.2, 0) is 21.6 Å². The molecule has 0 aromatic heterocycles. The third kappa shape index (κ3) is 5.02. The third-order valence-corrected chi connectivity index (χ3v) is 4.73. The van der Waals surface area contributed by atoms with Gasteiger partial charge in [-0.25, -0.2) is 4.79 Å². The van der Waals surface area contributed by atoms with Gasteiger partial charge in [0.2, 0.25) is 5.54 Å². The summed E-state index contributed by atoms with van der Waals surface area (Å²) in [6.45, 7) is 4.09. The smallest absolute Gasteiger partial charge is 0.401 e. The Morgan fingerprint density at radius 3 is 2.50 bits per heavy atom. The van der Waals surface area contributed by atoms with Crippen LogP contribution in [0.15, 0.2) is 47.5 Å². The van der Waals surface area contributed by atoms with E-state index in [1.807, 2.05) is 12.1 Å². The van der Waals surface area contributed by atoms with Gasteiger partial charge in [-0.05, 0) is 55.8 Å². The van der Waals surface area contributed by atoms with Crippen LogP contribution in [0, 0.1) is 0 Å². The summed E-state index contributed by atoms with van der Waals surface area (Å²) in [5.41, 5.74) is -1.38. The van der Waals surface area contributed by atoms with Gasteiger partial charge in [0.25, 0.3) is 0 Å². The maximum atomic E-state index is 13.3. The van der Waals surface area contributed by atoms with Gasteiger partial charge in [0.05, 0.1) is 11.9 Å². The minimum absolute atomic E-state index is 0.0406. The van der Waals surface area contributed by atoms with Crippen molar-refractivity contribution in [3.63, 3.8) is 0 Å². The van der Waals surface area contributed by atoms with Crippen molar-refractivity contribution in [1.29, 1.82) is 0 Å². The van der Waals surface area contributed by atoms with Gasteiger partial charge in [-0.3, -0.25) is 4.99 Å². The number of para-hydroxylation sites is 1. The molecule has 0 bridgehead atoms. The summed E-state index contributed by atoms with van der Waals surface area (Å²) >= 11 is 6.44. The Balaban J connectivity index is 2.06. The fourth-order valence-electron chi connectivity index (χ4n) is 3.19. The molecule has 160 valence electrons. The van der Waals surface area contributed by atoms with Crippen LogP contribution < -0.4 is 15.9 Å². The molecule has 1 atom stereocenters. The molecule has 0 fully saturated rings. The number of alkyl halides is 3. The number of ether oxygens (including phenoxy) is 1. The number of fused-ring (bicyclic) bond motifs is 1. The average Bonchev–Trinajstić information content (AvgIpc) is 3.01. The second-order valence-electron chi connectivity index (χ2n) is 8.12. The molecule has 2 aromatic rings. The first kappa shape index (κ1) is 22.3. The first-order chi connectivity index (χ1) is 13.9. The number of benzene rings is 2. The zero-order valence-corrected chi connectivity index (χ0v) is 17.6. The van der Waals surface area contributed by atoms with Crippen LogP contribution in [0.5, 0.6) is 0 Å². The highest BCUT2D eigenvalue weighted by atomic mass is 35.5. The molecular formula is C22H22ClF3N2O2.